The van der Waals surface area contributed by atoms with Gasteiger partial charge in [-0.3, -0.25) is 4.79 Å². The Bertz CT molecular complexity index is 1570. The Morgan fingerprint density at radius 3 is 2.63 bits per heavy atom. The molecule has 0 unspecified atom stereocenters. The SMILES string of the molecule is CN1Sc2cc(-c3cc4ccccc4o3)sc2C(O)=C1C(=O)Nc1cccc(-c2ccccc2)n1. The number of aromatic nitrogens is 1. The zero-order valence-electron chi connectivity index (χ0n) is 18.6. The van der Waals surface area contributed by atoms with Gasteiger partial charge in [0, 0.05) is 18.0 Å². The zero-order chi connectivity index (χ0) is 23.9. The Kier molecular flexibility index (Phi) is 5.32. The first kappa shape index (κ1) is 21.5. The van der Waals surface area contributed by atoms with E-state index >= 15 is 0 Å². The van der Waals surface area contributed by atoms with Crippen LogP contribution in [0.3, 0.4) is 0 Å². The van der Waals surface area contributed by atoms with E-state index in [9.17, 15) is 9.90 Å². The average Bonchev–Trinajstić information content (AvgIpc) is 3.49. The minimum absolute atomic E-state index is 0.0645. The van der Waals surface area contributed by atoms with E-state index in [2.05, 4.69) is 10.3 Å². The highest BCUT2D eigenvalue weighted by Gasteiger charge is 2.31. The van der Waals surface area contributed by atoms with Crippen LogP contribution in [-0.4, -0.2) is 27.4 Å². The fourth-order valence-corrected chi connectivity index (χ4v) is 6.15. The van der Waals surface area contributed by atoms with Gasteiger partial charge in [-0.2, -0.15) is 0 Å². The Morgan fingerprint density at radius 1 is 1.00 bits per heavy atom. The number of furan rings is 1. The number of nitrogens with zero attached hydrogens (tertiary/aromatic N) is 2. The summed E-state index contributed by atoms with van der Waals surface area (Å²) >= 11 is 2.78. The summed E-state index contributed by atoms with van der Waals surface area (Å²) in [5.41, 5.74) is 2.69. The Balaban J connectivity index is 1.30. The Labute approximate surface area is 209 Å². The largest absolute Gasteiger partial charge is 0.504 e. The van der Waals surface area contributed by atoms with Crippen molar-refractivity contribution in [3.63, 3.8) is 0 Å². The van der Waals surface area contributed by atoms with Crippen molar-refractivity contribution in [2.45, 2.75) is 4.90 Å². The van der Waals surface area contributed by atoms with E-state index in [0.717, 1.165) is 37.8 Å². The lowest BCUT2D eigenvalue weighted by molar-refractivity contribution is -0.113. The van der Waals surface area contributed by atoms with Crippen LogP contribution >= 0.6 is 23.3 Å². The van der Waals surface area contributed by atoms with Gasteiger partial charge in [-0.05, 0) is 42.3 Å². The van der Waals surface area contributed by atoms with Crippen molar-refractivity contribution in [2.24, 2.45) is 0 Å². The van der Waals surface area contributed by atoms with E-state index < -0.39 is 5.91 Å². The maximum absolute atomic E-state index is 13.2. The predicted molar refractivity (Wildman–Crippen MR) is 141 cm³/mol. The van der Waals surface area contributed by atoms with Crippen LogP contribution < -0.4 is 5.32 Å². The molecular weight excluding hydrogens is 478 g/mol. The van der Waals surface area contributed by atoms with Gasteiger partial charge in [-0.25, -0.2) is 4.98 Å². The van der Waals surface area contributed by atoms with Crippen LogP contribution in [0.1, 0.15) is 4.88 Å². The lowest BCUT2D eigenvalue weighted by atomic mass is 10.1. The predicted octanol–water partition coefficient (Wildman–Crippen LogP) is 7.04. The summed E-state index contributed by atoms with van der Waals surface area (Å²) in [6, 6.07) is 27.0. The molecule has 5 aromatic rings. The summed E-state index contributed by atoms with van der Waals surface area (Å²) in [6.07, 6.45) is 0. The first-order chi connectivity index (χ1) is 17.1. The van der Waals surface area contributed by atoms with Crippen LogP contribution in [0.2, 0.25) is 0 Å². The number of aliphatic hydroxyl groups excluding tert-OH is 1. The fourth-order valence-electron chi connectivity index (χ4n) is 3.98. The van der Waals surface area contributed by atoms with Crippen molar-refractivity contribution in [1.82, 2.24) is 9.29 Å². The number of aliphatic hydroxyl groups is 1. The normalized spacial score (nSPS) is 13.2. The monoisotopic (exact) mass is 497 g/mol. The van der Waals surface area contributed by atoms with Crippen molar-refractivity contribution in [1.29, 1.82) is 0 Å². The highest BCUT2D eigenvalue weighted by molar-refractivity contribution is 7.97. The third kappa shape index (κ3) is 3.96. The average molecular weight is 498 g/mol. The van der Waals surface area contributed by atoms with Crippen LogP contribution in [0.25, 0.3) is 38.6 Å². The van der Waals surface area contributed by atoms with Gasteiger partial charge in [-0.15, -0.1) is 11.3 Å². The minimum Gasteiger partial charge on any atom is -0.504 e. The summed E-state index contributed by atoms with van der Waals surface area (Å²) in [5, 5.41) is 14.9. The summed E-state index contributed by atoms with van der Waals surface area (Å²) in [7, 11) is 1.76. The molecule has 6 nitrogen and oxygen atoms in total. The van der Waals surface area contributed by atoms with E-state index in [0.29, 0.717) is 10.7 Å². The lowest BCUT2D eigenvalue weighted by Crippen LogP contribution is -2.27. The number of likely N-dealkylation sites (N-methyl/N-ethyl adjacent to an activating group) is 1. The van der Waals surface area contributed by atoms with Gasteiger partial charge in [0.25, 0.3) is 5.91 Å². The minimum atomic E-state index is -0.431. The number of fused-ring (bicyclic) bond motifs is 2. The second-order valence-electron chi connectivity index (χ2n) is 7.97. The van der Waals surface area contributed by atoms with Crippen LogP contribution in [0.4, 0.5) is 5.82 Å². The molecule has 2 N–H and O–H groups in total. The van der Waals surface area contributed by atoms with Gasteiger partial charge in [0.15, 0.2) is 11.5 Å². The molecule has 0 fully saturated rings. The van der Waals surface area contributed by atoms with Crippen LogP contribution in [0, 0.1) is 0 Å². The number of thiophene rings is 1. The number of anilines is 1. The van der Waals surface area contributed by atoms with Gasteiger partial charge in [0.05, 0.1) is 20.3 Å². The fraction of sp³-hybridized carbons (Fsp3) is 0.0370. The second kappa shape index (κ2) is 8.65. The quantitative estimate of drug-likeness (QED) is 0.259. The van der Waals surface area contributed by atoms with Crippen molar-refractivity contribution in [3.8, 4) is 21.9 Å². The van der Waals surface area contributed by atoms with Crippen molar-refractivity contribution >= 4 is 51.7 Å². The highest BCUT2D eigenvalue weighted by atomic mass is 32.2. The molecule has 172 valence electrons. The number of hydrogen-bond acceptors (Lipinski definition) is 7. The summed E-state index contributed by atoms with van der Waals surface area (Å²) < 4.78 is 7.67. The zero-order valence-corrected chi connectivity index (χ0v) is 20.2. The molecule has 35 heavy (non-hydrogen) atoms. The molecule has 1 aliphatic rings. The number of pyridine rings is 1. The maximum atomic E-state index is 13.2. The van der Waals surface area contributed by atoms with Crippen LogP contribution in [0.5, 0.6) is 0 Å². The maximum Gasteiger partial charge on any atom is 0.277 e. The number of hydrogen-bond donors (Lipinski definition) is 2. The molecule has 0 aliphatic carbocycles. The van der Waals surface area contributed by atoms with Gasteiger partial charge in [0.1, 0.15) is 17.2 Å². The number of carbonyl (C=O) groups is 1. The smallest absolute Gasteiger partial charge is 0.277 e. The molecule has 8 heteroatoms. The molecule has 1 aliphatic heterocycles. The van der Waals surface area contributed by atoms with Crippen molar-refractivity contribution in [2.75, 3.05) is 12.4 Å². The van der Waals surface area contributed by atoms with Crippen LogP contribution in [-0.2, 0) is 4.79 Å². The topological polar surface area (TPSA) is 78.6 Å². The molecule has 0 saturated carbocycles. The number of benzene rings is 2. The number of rotatable bonds is 4. The van der Waals surface area contributed by atoms with Gasteiger partial charge >= 0.3 is 0 Å². The second-order valence-corrected chi connectivity index (χ2v) is 10.2. The molecule has 2 aromatic carbocycles. The molecule has 0 saturated heterocycles. The van der Waals surface area contributed by atoms with Crippen molar-refractivity contribution < 1.29 is 14.3 Å². The standard InChI is InChI=1S/C27H19N3O3S2/c1-30-24(27(32)29-23-13-7-11-18(28-23)16-8-3-2-4-9-16)25(31)26-22(35-30)15-21(34-26)20-14-17-10-5-6-12-19(17)33-20/h2-15,31H,1H3,(H,28,29,32). The first-order valence-electron chi connectivity index (χ1n) is 10.9. The summed E-state index contributed by atoms with van der Waals surface area (Å²) in [4.78, 5) is 20.2. The summed E-state index contributed by atoms with van der Waals surface area (Å²) in [6.45, 7) is 0. The Hall–Kier alpha value is -4.01. The van der Waals surface area contributed by atoms with E-state index in [-0.39, 0.29) is 11.5 Å². The molecule has 0 spiro atoms. The number of nitrogens with one attached hydrogen (secondary N) is 1. The molecule has 3 aromatic heterocycles. The summed E-state index contributed by atoms with van der Waals surface area (Å²) in [5.74, 6) is 0.648. The van der Waals surface area contributed by atoms with E-state index in [1.165, 1.54) is 23.3 Å². The van der Waals surface area contributed by atoms with Crippen molar-refractivity contribution in [3.05, 3.63) is 95.5 Å². The third-order valence-corrected chi connectivity index (χ3v) is 7.89. The Morgan fingerprint density at radius 2 is 1.80 bits per heavy atom. The van der Waals surface area contributed by atoms with Gasteiger partial charge in [-0.1, -0.05) is 54.6 Å². The molecule has 6 rings (SSSR count). The number of carbonyl (C=O) groups excluding carboxylic acids is 1. The molecule has 0 radical (unpaired) electrons. The molecule has 0 atom stereocenters. The van der Waals surface area contributed by atoms with E-state index in [1.54, 1.807) is 17.4 Å². The lowest BCUT2D eigenvalue weighted by Gasteiger charge is -2.25. The molecule has 4 heterocycles. The molecule has 1 amide bonds. The van der Waals surface area contributed by atoms with Gasteiger partial charge in [0.2, 0.25) is 0 Å². The van der Waals surface area contributed by atoms with Gasteiger partial charge < -0.3 is 19.1 Å². The molecular formula is C27H19N3O3S2. The van der Waals surface area contributed by atoms with Crippen LogP contribution in [0.15, 0.2) is 99.9 Å². The highest BCUT2D eigenvalue weighted by Crippen LogP contribution is 2.47. The third-order valence-electron chi connectivity index (χ3n) is 5.63. The number of para-hydroxylation sites is 1. The van der Waals surface area contributed by atoms with E-state index in [1.807, 2.05) is 78.9 Å². The first-order valence-corrected chi connectivity index (χ1v) is 12.5. The molecule has 0 bridgehead atoms. The van der Waals surface area contributed by atoms with E-state index in [4.69, 9.17) is 4.42 Å². The number of amides is 1.